The van der Waals surface area contributed by atoms with E-state index in [1.54, 1.807) is 6.07 Å². The van der Waals surface area contributed by atoms with Gasteiger partial charge in [-0.05, 0) is 29.0 Å². The van der Waals surface area contributed by atoms with Gasteiger partial charge in [0.25, 0.3) is 11.6 Å². The molecule has 1 aliphatic heterocycles. The van der Waals surface area contributed by atoms with E-state index in [1.807, 2.05) is 36.4 Å². The number of hydrogen-bond donors (Lipinski definition) is 1. The standard InChI is InChI=1S/C20H15N3O5/c24-19(21-15-6-5-13-3-1-2-4-14(13)9-15)11-22-17-10-16(23(26)27)7-8-18(17)28-12-20(22)25/h1-10H,11-12H2,(H,21,24). The minimum absolute atomic E-state index is 0.183. The topological polar surface area (TPSA) is 102 Å². The van der Waals surface area contributed by atoms with Crippen molar-refractivity contribution in [2.24, 2.45) is 0 Å². The van der Waals surface area contributed by atoms with Crippen molar-refractivity contribution in [2.75, 3.05) is 23.4 Å². The number of rotatable bonds is 4. The van der Waals surface area contributed by atoms with Crippen molar-refractivity contribution in [1.29, 1.82) is 0 Å². The zero-order valence-electron chi connectivity index (χ0n) is 14.6. The number of amides is 2. The van der Waals surface area contributed by atoms with Crippen molar-refractivity contribution in [1.82, 2.24) is 0 Å². The second-order valence-electron chi connectivity index (χ2n) is 6.29. The van der Waals surface area contributed by atoms with Crippen molar-refractivity contribution < 1.29 is 19.2 Å². The fraction of sp³-hybridized carbons (Fsp3) is 0.100. The molecule has 28 heavy (non-hydrogen) atoms. The Kier molecular flexibility index (Phi) is 4.36. The van der Waals surface area contributed by atoms with Crippen LogP contribution in [0.4, 0.5) is 17.1 Å². The molecule has 0 bridgehead atoms. The highest BCUT2D eigenvalue weighted by molar-refractivity contribution is 6.05. The molecule has 2 amide bonds. The number of nitro groups is 1. The number of nitro benzene ring substituents is 1. The number of non-ortho nitro benzene ring substituents is 1. The van der Waals surface area contributed by atoms with Gasteiger partial charge in [-0.25, -0.2) is 0 Å². The number of benzene rings is 3. The van der Waals surface area contributed by atoms with Gasteiger partial charge in [-0.15, -0.1) is 0 Å². The highest BCUT2D eigenvalue weighted by Crippen LogP contribution is 2.35. The summed E-state index contributed by atoms with van der Waals surface area (Å²) in [7, 11) is 0. The Bertz CT molecular complexity index is 1110. The molecule has 1 aliphatic rings. The summed E-state index contributed by atoms with van der Waals surface area (Å²) in [6.45, 7) is -0.503. The lowest BCUT2D eigenvalue weighted by atomic mass is 10.1. The average Bonchev–Trinajstić information content (AvgIpc) is 2.69. The van der Waals surface area contributed by atoms with E-state index in [2.05, 4.69) is 5.32 Å². The quantitative estimate of drug-likeness (QED) is 0.556. The summed E-state index contributed by atoms with van der Waals surface area (Å²) in [6.07, 6.45) is 0. The molecule has 0 aliphatic carbocycles. The fourth-order valence-corrected chi connectivity index (χ4v) is 3.09. The molecule has 4 rings (SSSR count). The molecular formula is C20H15N3O5. The summed E-state index contributed by atoms with van der Waals surface area (Å²) in [6, 6.07) is 17.2. The first kappa shape index (κ1) is 17.5. The number of carbonyl (C=O) groups excluding carboxylic acids is 2. The highest BCUT2D eigenvalue weighted by Gasteiger charge is 2.29. The Morgan fingerprint density at radius 3 is 2.68 bits per heavy atom. The van der Waals surface area contributed by atoms with E-state index in [4.69, 9.17) is 4.74 Å². The molecule has 8 nitrogen and oxygen atoms in total. The lowest BCUT2D eigenvalue weighted by molar-refractivity contribution is -0.384. The SMILES string of the molecule is O=C(CN1C(=O)COc2ccc([N+](=O)[O-])cc21)Nc1ccc2ccccc2c1. The Morgan fingerprint density at radius 1 is 1.11 bits per heavy atom. The van der Waals surface area contributed by atoms with Crippen LogP contribution in [0.3, 0.4) is 0 Å². The molecule has 0 spiro atoms. The molecular weight excluding hydrogens is 362 g/mol. The summed E-state index contributed by atoms with van der Waals surface area (Å²) in [5, 5.41) is 15.8. The number of ether oxygens (including phenoxy) is 1. The lowest BCUT2D eigenvalue weighted by Gasteiger charge is -2.28. The van der Waals surface area contributed by atoms with Gasteiger partial charge < -0.3 is 10.1 Å². The van der Waals surface area contributed by atoms with Crippen molar-refractivity contribution in [3.05, 3.63) is 70.8 Å². The monoisotopic (exact) mass is 377 g/mol. The number of nitrogens with zero attached hydrogens (tertiary/aromatic N) is 2. The molecule has 0 aromatic heterocycles. The first-order valence-corrected chi connectivity index (χ1v) is 8.51. The van der Waals surface area contributed by atoms with Gasteiger partial charge in [0.05, 0.1) is 10.6 Å². The molecule has 0 radical (unpaired) electrons. The minimum Gasteiger partial charge on any atom is -0.482 e. The third-order valence-electron chi connectivity index (χ3n) is 4.43. The fourth-order valence-electron chi connectivity index (χ4n) is 3.09. The summed E-state index contributed by atoms with van der Waals surface area (Å²) < 4.78 is 5.30. The highest BCUT2D eigenvalue weighted by atomic mass is 16.6. The van der Waals surface area contributed by atoms with Gasteiger partial charge in [-0.3, -0.25) is 24.6 Å². The summed E-state index contributed by atoms with van der Waals surface area (Å²) in [5.74, 6) is -0.534. The van der Waals surface area contributed by atoms with Crippen molar-refractivity contribution in [3.8, 4) is 5.75 Å². The van der Waals surface area contributed by atoms with Gasteiger partial charge in [-0.2, -0.15) is 0 Å². The maximum atomic E-state index is 12.5. The molecule has 0 saturated heterocycles. The molecule has 3 aromatic carbocycles. The van der Waals surface area contributed by atoms with Crippen molar-refractivity contribution in [2.45, 2.75) is 0 Å². The molecule has 1 heterocycles. The van der Waals surface area contributed by atoms with Crippen LogP contribution >= 0.6 is 0 Å². The molecule has 8 heteroatoms. The van der Waals surface area contributed by atoms with Gasteiger partial charge in [0.15, 0.2) is 6.61 Å². The lowest BCUT2D eigenvalue weighted by Crippen LogP contribution is -2.43. The van der Waals surface area contributed by atoms with Crippen LogP contribution in [0.2, 0.25) is 0 Å². The normalized spacial score (nSPS) is 13.0. The first-order chi connectivity index (χ1) is 13.5. The van der Waals surface area contributed by atoms with E-state index in [0.29, 0.717) is 11.4 Å². The van der Waals surface area contributed by atoms with Crippen LogP contribution in [0, 0.1) is 10.1 Å². The molecule has 1 N–H and O–H groups in total. The van der Waals surface area contributed by atoms with E-state index in [1.165, 1.54) is 23.1 Å². The Labute approximate surface area is 159 Å². The molecule has 3 aromatic rings. The number of hydrogen-bond acceptors (Lipinski definition) is 5. The zero-order valence-corrected chi connectivity index (χ0v) is 14.6. The predicted molar refractivity (Wildman–Crippen MR) is 104 cm³/mol. The molecule has 0 saturated carbocycles. The number of anilines is 2. The molecule has 140 valence electrons. The van der Waals surface area contributed by atoms with Gasteiger partial charge in [0.1, 0.15) is 12.3 Å². The van der Waals surface area contributed by atoms with E-state index < -0.39 is 16.7 Å². The van der Waals surface area contributed by atoms with Gasteiger partial charge in [-0.1, -0.05) is 30.3 Å². The van der Waals surface area contributed by atoms with Gasteiger partial charge >= 0.3 is 0 Å². The minimum atomic E-state index is -0.563. The van der Waals surface area contributed by atoms with Crippen molar-refractivity contribution >= 4 is 39.6 Å². The van der Waals surface area contributed by atoms with Crippen LogP contribution < -0.4 is 15.0 Å². The maximum Gasteiger partial charge on any atom is 0.271 e. The van der Waals surface area contributed by atoms with Crippen LogP contribution in [0.25, 0.3) is 10.8 Å². The largest absolute Gasteiger partial charge is 0.482 e. The van der Waals surface area contributed by atoms with E-state index in [0.717, 1.165) is 10.8 Å². The number of carbonyl (C=O) groups is 2. The van der Waals surface area contributed by atoms with Crippen LogP contribution in [-0.4, -0.2) is 29.9 Å². The number of nitrogens with one attached hydrogen (secondary N) is 1. The van der Waals surface area contributed by atoms with E-state index in [9.17, 15) is 19.7 Å². The molecule has 0 atom stereocenters. The van der Waals surface area contributed by atoms with Crippen LogP contribution in [0.1, 0.15) is 0 Å². The van der Waals surface area contributed by atoms with E-state index in [-0.39, 0.29) is 24.5 Å². The third kappa shape index (κ3) is 3.35. The van der Waals surface area contributed by atoms with Crippen LogP contribution in [0.15, 0.2) is 60.7 Å². The average molecular weight is 377 g/mol. The summed E-state index contributed by atoms with van der Waals surface area (Å²) in [5.41, 5.74) is 0.625. The van der Waals surface area contributed by atoms with Crippen LogP contribution in [-0.2, 0) is 9.59 Å². The third-order valence-corrected chi connectivity index (χ3v) is 4.43. The Balaban J connectivity index is 1.56. The summed E-state index contributed by atoms with van der Waals surface area (Å²) >= 11 is 0. The number of fused-ring (bicyclic) bond motifs is 2. The smallest absolute Gasteiger partial charge is 0.271 e. The Morgan fingerprint density at radius 2 is 1.89 bits per heavy atom. The van der Waals surface area contributed by atoms with Crippen molar-refractivity contribution in [3.63, 3.8) is 0 Å². The van der Waals surface area contributed by atoms with Crippen LogP contribution in [0.5, 0.6) is 5.75 Å². The predicted octanol–water partition coefficient (Wildman–Crippen LogP) is 3.11. The summed E-state index contributed by atoms with van der Waals surface area (Å²) in [4.78, 5) is 36.4. The van der Waals surface area contributed by atoms with E-state index >= 15 is 0 Å². The second-order valence-corrected chi connectivity index (χ2v) is 6.29. The second kappa shape index (κ2) is 6.99. The molecule has 0 fully saturated rings. The maximum absolute atomic E-state index is 12.5. The Hall–Kier alpha value is -3.94. The van der Waals surface area contributed by atoms with Gasteiger partial charge in [0, 0.05) is 17.8 Å². The molecule has 0 unspecified atom stereocenters. The van der Waals surface area contributed by atoms with Gasteiger partial charge in [0.2, 0.25) is 5.91 Å². The first-order valence-electron chi connectivity index (χ1n) is 8.51. The zero-order chi connectivity index (χ0) is 19.7.